The summed E-state index contributed by atoms with van der Waals surface area (Å²) < 4.78 is 75.9. The van der Waals surface area contributed by atoms with Crippen molar-refractivity contribution >= 4 is 67.8 Å². The quantitative estimate of drug-likeness (QED) is 0.0319. The Morgan fingerprint density at radius 3 is 0.694 bits per heavy atom. The number of hydrogen-bond donors (Lipinski definition) is 0. The second-order valence-electron chi connectivity index (χ2n) is 18.7. The van der Waals surface area contributed by atoms with Crippen LogP contribution in [0.1, 0.15) is 71.9 Å². The van der Waals surface area contributed by atoms with Crippen LogP contribution in [0.2, 0.25) is 0 Å². The highest BCUT2D eigenvalue weighted by molar-refractivity contribution is 14.1. The second kappa shape index (κ2) is 28.8. The molecular formula is C57H75I3O12. The summed E-state index contributed by atoms with van der Waals surface area (Å²) in [6.45, 7) is 9.36. The molecule has 396 valence electrons. The summed E-state index contributed by atoms with van der Waals surface area (Å²) in [5.41, 5.74) is 14.2. The lowest BCUT2D eigenvalue weighted by atomic mass is 9.65. The van der Waals surface area contributed by atoms with Crippen LogP contribution in [0.5, 0.6) is 0 Å². The van der Waals surface area contributed by atoms with E-state index in [1.807, 2.05) is 0 Å². The van der Waals surface area contributed by atoms with Gasteiger partial charge < -0.3 is 56.8 Å². The Balaban J connectivity index is 1.65. The molecule has 0 bridgehead atoms. The lowest BCUT2D eigenvalue weighted by Crippen LogP contribution is -2.34. The standard InChI is InChI=1S/C57H75I3O12/c1-61-25-31-67-19-13-55(14-20-68-32-26-62-2)46-37-40(58)7-10-43(46)49-52(55)50-44-11-8-41(59)38-47(44)56(15-21-69-33-27-63-3,16-22-70-34-28-64-4)54(50)51-45-12-9-42(60)39-48(45)57(53(49)51,17-23-71-35-29-65-5)18-24-72-36-30-66-6/h7-12,37-39H,13-36H2,1-6H3. The molecule has 0 fully saturated rings. The molecule has 0 spiro atoms. The van der Waals surface area contributed by atoms with Crippen LogP contribution < -0.4 is 0 Å². The van der Waals surface area contributed by atoms with Crippen molar-refractivity contribution in [3.8, 4) is 33.4 Å². The third kappa shape index (κ3) is 12.6. The van der Waals surface area contributed by atoms with Gasteiger partial charge in [-0.1, -0.05) is 18.2 Å². The van der Waals surface area contributed by atoms with Gasteiger partial charge in [0.2, 0.25) is 0 Å². The monoisotopic (exact) mass is 1330 g/mol. The fraction of sp³-hybridized carbons (Fsp3) is 0.579. The van der Waals surface area contributed by atoms with Gasteiger partial charge in [-0.15, -0.1) is 0 Å². The Morgan fingerprint density at radius 1 is 0.292 bits per heavy atom. The lowest BCUT2D eigenvalue weighted by Gasteiger charge is -2.39. The smallest absolute Gasteiger partial charge is 0.0700 e. The number of ether oxygens (including phenoxy) is 12. The van der Waals surface area contributed by atoms with E-state index >= 15 is 0 Å². The maximum atomic E-state index is 6.55. The SMILES string of the molecule is COCCOCCC1(CCOCCOC)c2cc(I)ccc2-c2c1c1c(c3c2C(CCOCCOC)(CCOCCOC)c2cc(I)ccc2-3)C(CCOCCOC)(CCOCCOC)c2cc(I)ccc2-1. The molecule has 3 aliphatic carbocycles. The zero-order valence-electron chi connectivity index (χ0n) is 43.2. The summed E-state index contributed by atoms with van der Waals surface area (Å²) in [7, 11) is 10.4. The zero-order chi connectivity index (χ0) is 51.0. The van der Waals surface area contributed by atoms with Crippen molar-refractivity contribution in [3.63, 3.8) is 0 Å². The van der Waals surface area contributed by atoms with Crippen LogP contribution in [0, 0.1) is 10.7 Å². The Bertz CT molecular complexity index is 2040. The normalized spacial score (nSPS) is 15.1. The van der Waals surface area contributed by atoms with E-state index in [4.69, 9.17) is 56.8 Å². The minimum absolute atomic E-state index is 0.505. The Hall–Kier alpha value is -1.41. The van der Waals surface area contributed by atoms with E-state index in [9.17, 15) is 0 Å². The van der Waals surface area contributed by atoms with Gasteiger partial charge in [0.25, 0.3) is 0 Å². The largest absolute Gasteiger partial charge is 0.382 e. The van der Waals surface area contributed by atoms with Gasteiger partial charge in [-0.05, 0) is 209 Å². The van der Waals surface area contributed by atoms with Crippen molar-refractivity contribution < 1.29 is 56.8 Å². The molecule has 4 aromatic rings. The summed E-state index contributed by atoms with van der Waals surface area (Å²) in [4.78, 5) is 0. The van der Waals surface area contributed by atoms with Crippen LogP contribution in [0.4, 0.5) is 0 Å². The molecule has 15 heteroatoms. The number of rotatable bonds is 36. The molecule has 0 heterocycles. The van der Waals surface area contributed by atoms with Gasteiger partial charge >= 0.3 is 0 Å². The van der Waals surface area contributed by atoms with Gasteiger partial charge in [-0.25, -0.2) is 0 Å². The van der Waals surface area contributed by atoms with Gasteiger partial charge in [0.15, 0.2) is 0 Å². The average molecular weight is 1330 g/mol. The topological polar surface area (TPSA) is 111 Å². The number of fused-ring (bicyclic) bond motifs is 12. The van der Waals surface area contributed by atoms with Gasteiger partial charge in [0, 0.05) is 109 Å². The summed E-state index contributed by atoms with van der Waals surface area (Å²) in [5, 5.41) is 0. The van der Waals surface area contributed by atoms with Crippen molar-refractivity contribution in [2.45, 2.75) is 54.8 Å². The van der Waals surface area contributed by atoms with Crippen LogP contribution in [0.25, 0.3) is 33.4 Å². The number of benzene rings is 4. The highest BCUT2D eigenvalue weighted by Crippen LogP contribution is 2.70. The number of halogens is 3. The van der Waals surface area contributed by atoms with E-state index < -0.39 is 16.2 Å². The molecule has 0 aliphatic heterocycles. The van der Waals surface area contributed by atoms with Crippen molar-refractivity contribution in [2.24, 2.45) is 0 Å². The first-order valence-corrected chi connectivity index (χ1v) is 28.5. The molecular weight excluding hydrogens is 1260 g/mol. The Kier molecular flexibility index (Phi) is 23.3. The van der Waals surface area contributed by atoms with E-state index in [1.54, 1.807) is 42.7 Å². The number of methoxy groups -OCH3 is 6. The van der Waals surface area contributed by atoms with Crippen LogP contribution in [0.15, 0.2) is 54.6 Å². The molecule has 0 saturated carbocycles. The fourth-order valence-corrected chi connectivity index (χ4v) is 13.1. The molecule has 72 heavy (non-hydrogen) atoms. The molecule has 0 radical (unpaired) electrons. The first-order chi connectivity index (χ1) is 35.2. The van der Waals surface area contributed by atoms with Crippen LogP contribution in [0.3, 0.4) is 0 Å². The van der Waals surface area contributed by atoms with Crippen LogP contribution in [-0.4, -0.2) is 162 Å². The molecule has 0 aromatic heterocycles. The zero-order valence-corrected chi connectivity index (χ0v) is 49.7. The minimum atomic E-state index is -0.524. The lowest BCUT2D eigenvalue weighted by molar-refractivity contribution is 0.0483. The van der Waals surface area contributed by atoms with Gasteiger partial charge in [-0.2, -0.15) is 0 Å². The average Bonchev–Trinajstić information content (AvgIpc) is 3.92. The predicted octanol–water partition coefficient (Wildman–Crippen LogP) is 10.6. The van der Waals surface area contributed by atoms with E-state index in [2.05, 4.69) is 122 Å². The molecule has 3 aliphatic rings. The highest BCUT2D eigenvalue weighted by Gasteiger charge is 2.58. The first-order valence-electron chi connectivity index (χ1n) is 25.3. The maximum Gasteiger partial charge on any atom is 0.0700 e. The molecule has 4 aromatic carbocycles. The molecule has 0 amide bonds. The molecule has 7 rings (SSSR count). The summed E-state index contributed by atoms with van der Waals surface area (Å²) >= 11 is 7.52. The second-order valence-corrected chi connectivity index (χ2v) is 22.4. The Morgan fingerprint density at radius 2 is 0.500 bits per heavy atom. The van der Waals surface area contributed by atoms with Gasteiger partial charge in [-0.3, -0.25) is 0 Å². The van der Waals surface area contributed by atoms with Crippen molar-refractivity contribution in [1.82, 2.24) is 0 Å². The van der Waals surface area contributed by atoms with E-state index in [1.165, 1.54) is 77.5 Å². The fourth-order valence-electron chi connectivity index (χ4n) is 11.7. The third-order valence-electron chi connectivity index (χ3n) is 14.9. The molecule has 12 nitrogen and oxygen atoms in total. The van der Waals surface area contributed by atoms with Gasteiger partial charge in [0.05, 0.1) is 79.3 Å². The van der Waals surface area contributed by atoms with E-state index in [0.29, 0.717) is 119 Å². The minimum Gasteiger partial charge on any atom is -0.382 e. The molecule has 0 unspecified atom stereocenters. The summed E-state index contributed by atoms with van der Waals surface area (Å²) in [6.07, 6.45) is 4.42. The van der Waals surface area contributed by atoms with Gasteiger partial charge in [0.1, 0.15) is 0 Å². The summed E-state index contributed by atoms with van der Waals surface area (Å²) in [6, 6.07) is 21.4. The van der Waals surface area contributed by atoms with E-state index in [-0.39, 0.29) is 0 Å². The molecule has 0 N–H and O–H groups in total. The van der Waals surface area contributed by atoms with E-state index in [0.717, 1.165) is 38.5 Å². The molecule has 0 atom stereocenters. The first kappa shape index (κ1) is 58.3. The molecule has 0 saturated heterocycles. The van der Waals surface area contributed by atoms with Crippen molar-refractivity contribution in [2.75, 3.05) is 162 Å². The third-order valence-corrected chi connectivity index (χ3v) is 16.9. The predicted molar refractivity (Wildman–Crippen MR) is 307 cm³/mol. The van der Waals surface area contributed by atoms with Crippen molar-refractivity contribution in [1.29, 1.82) is 0 Å². The van der Waals surface area contributed by atoms with Crippen LogP contribution >= 0.6 is 67.8 Å². The highest BCUT2D eigenvalue weighted by atomic mass is 127. The van der Waals surface area contributed by atoms with Crippen LogP contribution in [-0.2, 0) is 73.1 Å². The Labute approximate surface area is 469 Å². The summed E-state index contributed by atoms with van der Waals surface area (Å²) in [5.74, 6) is 0. The maximum absolute atomic E-state index is 6.55. The van der Waals surface area contributed by atoms with Crippen molar-refractivity contribution in [3.05, 3.63) is 98.7 Å². The number of hydrogen-bond acceptors (Lipinski definition) is 12.